The van der Waals surface area contributed by atoms with E-state index in [1.165, 1.54) is 0 Å². The summed E-state index contributed by atoms with van der Waals surface area (Å²) < 4.78 is 5.81. The van der Waals surface area contributed by atoms with E-state index in [1.54, 1.807) is 23.1 Å². The van der Waals surface area contributed by atoms with Crippen LogP contribution in [-0.4, -0.2) is 30.1 Å². The number of hydrogen-bond acceptors (Lipinski definition) is 4. The molecular formula is C16H13ClNO4-. The summed E-state index contributed by atoms with van der Waals surface area (Å²) in [6, 6.07) is 5.31. The molecule has 1 aromatic carbocycles. The number of aryl methyl sites for hydroxylation is 1. The van der Waals surface area contributed by atoms with Gasteiger partial charge in [-0.2, -0.15) is 0 Å². The number of halogens is 1. The molecule has 6 heteroatoms. The maximum Gasteiger partial charge on any atom is 0.234 e. The second-order valence-electron chi connectivity index (χ2n) is 6.08. The molecule has 2 bridgehead atoms. The van der Waals surface area contributed by atoms with Gasteiger partial charge in [0.05, 0.1) is 18.6 Å². The number of carbonyl (C=O) groups is 2. The number of nitrogens with zero attached hydrogens (tertiary/aromatic N) is 1. The third-order valence-electron chi connectivity index (χ3n) is 4.83. The van der Waals surface area contributed by atoms with E-state index in [4.69, 9.17) is 16.3 Å². The highest BCUT2D eigenvalue weighted by Crippen LogP contribution is 2.52. The number of rotatable bonds is 2. The Morgan fingerprint density at radius 1 is 1.50 bits per heavy atom. The lowest BCUT2D eigenvalue weighted by Gasteiger charge is -2.24. The topological polar surface area (TPSA) is 69.7 Å². The molecule has 1 spiro atoms. The minimum Gasteiger partial charge on any atom is -0.550 e. The van der Waals surface area contributed by atoms with E-state index in [1.807, 2.05) is 19.1 Å². The van der Waals surface area contributed by atoms with Gasteiger partial charge in [0.25, 0.3) is 0 Å². The third-order valence-corrected chi connectivity index (χ3v) is 5.25. The zero-order valence-corrected chi connectivity index (χ0v) is 12.5. The van der Waals surface area contributed by atoms with Crippen LogP contribution < -0.4 is 10.0 Å². The van der Waals surface area contributed by atoms with Crippen molar-refractivity contribution in [1.82, 2.24) is 0 Å². The standard InChI is InChI=1S/C16H14ClNO4/c1-8-6-9(2-3-10(8)17)18-7-16-5-4-11(22-16)12(15(20)21)13(16)14(18)19/h2-6,11-13H,7H2,1H3,(H,20,21)/p-1/t11-,12-,13+,16+/m0/s1. The summed E-state index contributed by atoms with van der Waals surface area (Å²) in [6.07, 6.45) is 2.98. The number of fused-ring (bicyclic) bond motifs is 1. The number of carboxylic acids is 1. The molecule has 0 unspecified atom stereocenters. The Hall–Kier alpha value is -1.85. The molecule has 2 saturated heterocycles. The molecule has 2 fully saturated rings. The fourth-order valence-corrected chi connectivity index (χ4v) is 3.90. The maximum atomic E-state index is 12.8. The Morgan fingerprint density at radius 3 is 2.95 bits per heavy atom. The van der Waals surface area contributed by atoms with Crippen LogP contribution in [0.4, 0.5) is 5.69 Å². The molecule has 5 nitrogen and oxygen atoms in total. The summed E-state index contributed by atoms with van der Waals surface area (Å²) in [6.45, 7) is 2.17. The normalized spacial score (nSPS) is 35.3. The van der Waals surface area contributed by atoms with Crippen molar-refractivity contribution < 1.29 is 19.4 Å². The molecule has 4 atom stereocenters. The van der Waals surface area contributed by atoms with Gasteiger partial charge in [-0.1, -0.05) is 23.8 Å². The van der Waals surface area contributed by atoms with Crippen molar-refractivity contribution in [3.05, 3.63) is 40.9 Å². The van der Waals surface area contributed by atoms with Crippen molar-refractivity contribution in [2.24, 2.45) is 11.8 Å². The van der Waals surface area contributed by atoms with Crippen molar-refractivity contribution in [3.8, 4) is 0 Å². The molecule has 3 heterocycles. The fourth-order valence-electron chi connectivity index (χ4n) is 3.78. The van der Waals surface area contributed by atoms with Crippen LogP contribution in [-0.2, 0) is 14.3 Å². The lowest BCUT2D eigenvalue weighted by molar-refractivity contribution is -0.313. The van der Waals surface area contributed by atoms with Crippen LogP contribution in [0.5, 0.6) is 0 Å². The van der Waals surface area contributed by atoms with Crippen molar-refractivity contribution in [2.75, 3.05) is 11.4 Å². The van der Waals surface area contributed by atoms with E-state index in [0.29, 0.717) is 17.3 Å². The highest BCUT2D eigenvalue weighted by atomic mass is 35.5. The van der Waals surface area contributed by atoms with Gasteiger partial charge < -0.3 is 19.5 Å². The van der Waals surface area contributed by atoms with Crippen LogP contribution in [0.1, 0.15) is 5.56 Å². The van der Waals surface area contributed by atoms with Gasteiger partial charge in [0, 0.05) is 22.6 Å². The number of amides is 1. The Balaban J connectivity index is 1.74. The molecule has 1 aromatic rings. The van der Waals surface area contributed by atoms with E-state index < -0.39 is 29.5 Å². The zero-order valence-electron chi connectivity index (χ0n) is 11.8. The van der Waals surface area contributed by atoms with Gasteiger partial charge in [-0.15, -0.1) is 0 Å². The molecule has 1 amide bonds. The van der Waals surface area contributed by atoms with Crippen LogP contribution in [0.15, 0.2) is 30.4 Å². The Kier molecular flexibility index (Phi) is 2.72. The summed E-state index contributed by atoms with van der Waals surface area (Å²) in [5, 5.41) is 12.0. The van der Waals surface area contributed by atoms with Crippen LogP contribution >= 0.6 is 11.6 Å². The number of aliphatic carboxylic acids is 1. The molecule has 0 radical (unpaired) electrons. The highest BCUT2D eigenvalue weighted by Gasteiger charge is 2.65. The van der Waals surface area contributed by atoms with Crippen LogP contribution in [0.3, 0.4) is 0 Å². The number of hydrogen-bond donors (Lipinski definition) is 0. The van der Waals surface area contributed by atoms with E-state index in [2.05, 4.69) is 0 Å². The predicted molar refractivity (Wildman–Crippen MR) is 77.3 cm³/mol. The summed E-state index contributed by atoms with van der Waals surface area (Å²) in [4.78, 5) is 25.8. The Morgan fingerprint density at radius 2 is 2.27 bits per heavy atom. The molecule has 3 aliphatic rings. The number of anilines is 1. The molecule has 0 saturated carbocycles. The first-order valence-corrected chi connectivity index (χ1v) is 7.46. The number of benzene rings is 1. The van der Waals surface area contributed by atoms with Gasteiger partial charge in [0.15, 0.2) is 0 Å². The average molecular weight is 319 g/mol. The molecule has 114 valence electrons. The molecule has 0 N–H and O–H groups in total. The third kappa shape index (κ3) is 1.63. The number of ether oxygens (including phenoxy) is 1. The smallest absolute Gasteiger partial charge is 0.234 e. The molecule has 0 aromatic heterocycles. The fraction of sp³-hybridized carbons (Fsp3) is 0.375. The van der Waals surface area contributed by atoms with Crippen molar-refractivity contribution in [1.29, 1.82) is 0 Å². The second kappa shape index (κ2) is 4.33. The van der Waals surface area contributed by atoms with E-state index in [9.17, 15) is 14.7 Å². The minimum atomic E-state index is -1.23. The largest absolute Gasteiger partial charge is 0.550 e. The lowest BCUT2D eigenvalue weighted by atomic mass is 9.77. The highest BCUT2D eigenvalue weighted by molar-refractivity contribution is 6.31. The minimum absolute atomic E-state index is 0.234. The molecule has 4 rings (SSSR count). The van der Waals surface area contributed by atoms with E-state index in [-0.39, 0.29) is 5.91 Å². The van der Waals surface area contributed by atoms with E-state index >= 15 is 0 Å². The van der Waals surface area contributed by atoms with Crippen LogP contribution in [0.25, 0.3) is 0 Å². The lowest BCUT2D eigenvalue weighted by Crippen LogP contribution is -2.45. The molecule has 22 heavy (non-hydrogen) atoms. The Bertz CT molecular complexity index is 731. The van der Waals surface area contributed by atoms with Crippen molar-refractivity contribution in [3.63, 3.8) is 0 Å². The predicted octanol–water partition coefficient (Wildman–Crippen LogP) is 0.685. The van der Waals surface area contributed by atoms with Crippen molar-refractivity contribution >= 4 is 29.2 Å². The second-order valence-corrected chi connectivity index (χ2v) is 6.48. The monoisotopic (exact) mass is 318 g/mol. The van der Waals surface area contributed by atoms with Gasteiger partial charge in [-0.05, 0) is 30.7 Å². The summed E-state index contributed by atoms with van der Waals surface area (Å²) in [7, 11) is 0. The summed E-state index contributed by atoms with van der Waals surface area (Å²) in [5.74, 6) is -3.11. The van der Waals surface area contributed by atoms with Gasteiger partial charge in [0.2, 0.25) is 5.91 Å². The zero-order chi connectivity index (χ0) is 15.6. The Labute approximate surface area is 132 Å². The van der Waals surface area contributed by atoms with Crippen molar-refractivity contribution in [2.45, 2.75) is 18.6 Å². The summed E-state index contributed by atoms with van der Waals surface area (Å²) in [5.41, 5.74) is 0.715. The van der Waals surface area contributed by atoms with Gasteiger partial charge in [0.1, 0.15) is 5.60 Å². The van der Waals surface area contributed by atoms with Crippen LogP contribution in [0.2, 0.25) is 5.02 Å². The molecular weight excluding hydrogens is 306 g/mol. The van der Waals surface area contributed by atoms with Gasteiger partial charge in [-0.25, -0.2) is 0 Å². The van der Waals surface area contributed by atoms with Crippen LogP contribution in [0, 0.1) is 18.8 Å². The molecule has 3 aliphatic heterocycles. The number of carboxylic acid groups (broad SMARTS) is 1. The SMILES string of the molecule is Cc1cc(N2C[C@@]34C=C[C@H](O3)[C@H](C(=O)[O-])[C@@H]4C2=O)ccc1Cl. The first-order valence-electron chi connectivity index (χ1n) is 7.08. The van der Waals surface area contributed by atoms with E-state index in [0.717, 1.165) is 5.56 Å². The van der Waals surface area contributed by atoms with Gasteiger partial charge in [-0.3, -0.25) is 4.79 Å². The quantitative estimate of drug-likeness (QED) is 0.752. The summed E-state index contributed by atoms with van der Waals surface area (Å²) >= 11 is 6.02. The van der Waals surface area contributed by atoms with Gasteiger partial charge >= 0.3 is 0 Å². The average Bonchev–Trinajstić information content (AvgIpc) is 3.10. The number of carbonyl (C=O) groups excluding carboxylic acids is 2. The first kappa shape index (κ1) is 13.8. The first-order chi connectivity index (χ1) is 10.4. The molecule has 0 aliphatic carbocycles. The maximum absolute atomic E-state index is 12.8.